The van der Waals surface area contributed by atoms with Gasteiger partial charge in [-0.2, -0.15) is 0 Å². The second-order valence-electron chi connectivity index (χ2n) is 5.71. The number of carbonyl (C=O) groups is 2. The van der Waals surface area contributed by atoms with E-state index in [1.165, 1.54) is 0 Å². The molecule has 0 heterocycles. The largest absolute Gasteiger partial charge is 0.480 e. The third-order valence-electron chi connectivity index (χ3n) is 4.15. The Morgan fingerprint density at radius 3 is 2.43 bits per heavy atom. The lowest BCUT2D eigenvalue weighted by Gasteiger charge is -2.27. The average molecular weight is 290 g/mol. The molecule has 5 heteroatoms. The smallest absolute Gasteiger partial charge is 0.329 e. The van der Waals surface area contributed by atoms with Crippen molar-refractivity contribution in [2.75, 3.05) is 0 Å². The van der Waals surface area contributed by atoms with Gasteiger partial charge in [-0.05, 0) is 31.2 Å². The summed E-state index contributed by atoms with van der Waals surface area (Å²) in [6, 6.07) is 9.12. The molecular formula is C16H22N2O3. The number of benzene rings is 1. The average Bonchev–Trinajstić information content (AvgIpc) is 2.95. The third-order valence-corrected chi connectivity index (χ3v) is 4.15. The fourth-order valence-corrected chi connectivity index (χ4v) is 2.80. The van der Waals surface area contributed by atoms with Crippen LogP contribution in [0.5, 0.6) is 0 Å². The minimum absolute atomic E-state index is 0.366. The van der Waals surface area contributed by atoms with Gasteiger partial charge in [0, 0.05) is 0 Å². The highest BCUT2D eigenvalue weighted by Crippen LogP contribution is 2.30. The number of nitrogens with two attached hydrogens (primary N) is 1. The summed E-state index contributed by atoms with van der Waals surface area (Å²) >= 11 is 0. The van der Waals surface area contributed by atoms with Gasteiger partial charge in [-0.15, -0.1) is 0 Å². The fraction of sp³-hybridized carbons (Fsp3) is 0.500. The number of aliphatic carboxylic acids is 1. The van der Waals surface area contributed by atoms with E-state index in [9.17, 15) is 14.7 Å². The number of amides is 1. The molecule has 1 aromatic rings. The van der Waals surface area contributed by atoms with Crippen LogP contribution in [0.1, 0.15) is 37.7 Å². The Balaban J connectivity index is 1.89. The number of carboxylic acid groups (broad SMARTS) is 1. The first-order chi connectivity index (χ1) is 10.0. The fourth-order valence-electron chi connectivity index (χ4n) is 2.80. The van der Waals surface area contributed by atoms with Gasteiger partial charge in [-0.1, -0.05) is 43.2 Å². The van der Waals surface area contributed by atoms with Gasteiger partial charge in [0.1, 0.15) is 5.54 Å². The Labute approximate surface area is 124 Å². The number of nitrogens with one attached hydrogen (secondary N) is 1. The number of carbonyl (C=O) groups excluding carboxylic acids is 1. The first kappa shape index (κ1) is 15.5. The van der Waals surface area contributed by atoms with E-state index in [1.807, 2.05) is 30.3 Å². The highest BCUT2D eigenvalue weighted by Gasteiger charge is 2.43. The van der Waals surface area contributed by atoms with Crippen molar-refractivity contribution in [3.63, 3.8) is 0 Å². The zero-order valence-electron chi connectivity index (χ0n) is 12.0. The Kier molecular flexibility index (Phi) is 4.96. The van der Waals surface area contributed by atoms with Crippen molar-refractivity contribution in [2.24, 2.45) is 5.73 Å². The highest BCUT2D eigenvalue weighted by atomic mass is 16.4. The molecule has 4 N–H and O–H groups in total. The molecule has 0 saturated heterocycles. The second kappa shape index (κ2) is 6.72. The van der Waals surface area contributed by atoms with Gasteiger partial charge in [0.2, 0.25) is 5.91 Å². The monoisotopic (exact) mass is 290 g/mol. The topological polar surface area (TPSA) is 92.4 Å². The van der Waals surface area contributed by atoms with E-state index in [0.717, 1.165) is 18.4 Å². The summed E-state index contributed by atoms with van der Waals surface area (Å²) in [5, 5.41) is 12.0. The van der Waals surface area contributed by atoms with Gasteiger partial charge in [-0.3, -0.25) is 4.79 Å². The predicted molar refractivity (Wildman–Crippen MR) is 79.7 cm³/mol. The number of hydrogen-bond donors (Lipinski definition) is 3. The number of aryl methyl sites for hydroxylation is 1. The van der Waals surface area contributed by atoms with Crippen molar-refractivity contribution < 1.29 is 14.7 Å². The van der Waals surface area contributed by atoms with Crippen LogP contribution in [0.3, 0.4) is 0 Å². The molecule has 1 aliphatic rings. The maximum atomic E-state index is 12.1. The van der Waals surface area contributed by atoms with E-state index in [-0.39, 0.29) is 5.91 Å². The van der Waals surface area contributed by atoms with Crippen LogP contribution in [0.4, 0.5) is 0 Å². The standard InChI is InChI=1S/C16H22N2O3/c17-13(9-8-12-6-2-1-3-7-12)14(19)18-16(15(20)21)10-4-5-11-16/h1-3,6-7,13H,4-5,8-11,17H2,(H,18,19)(H,20,21)/t13-/m0/s1. The molecule has 1 aromatic carbocycles. The molecule has 0 radical (unpaired) electrons. The Morgan fingerprint density at radius 2 is 1.86 bits per heavy atom. The summed E-state index contributed by atoms with van der Waals surface area (Å²) in [6.07, 6.45) is 3.83. The van der Waals surface area contributed by atoms with Gasteiger partial charge in [0.05, 0.1) is 6.04 Å². The minimum Gasteiger partial charge on any atom is -0.480 e. The molecule has 0 aromatic heterocycles. The van der Waals surface area contributed by atoms with E-state index >= 15 is 0 Å². The van der Waals surface area contributed by atoms with Crippen molar-refractivity contribution in [1.29, 1.82) is 0 Å². The summed E-state index contributed by atoms with van der Waals surface area (Å²) in [4.78, 5) is 23.5. The summed E-state index contributed by atoms with van der Waals surface area (Å²) in [5.74, 6) is -1.32. The summed E-state index contributed by atoms with van der Waals surface area (Å²) in [7, 11) is 0. The molecular weight excluding hydrogens is 268 g/mol. The van der Waals surface area contributed by atoms with Crippen LogP contribution >= 0.6 is 0 Å². The van der Waals surface area contributed by atoms with Crippen molar-refractivity contribution in [1.82, 2.24) is 5.32 Å². The van der Waals surface area contributed by atoms with E-state index in [4.69, 9.17) is 5.73 Å². The van der Waals surface area contributed by atoms with Crippen LogP contribution in [-0.4, -0.2) is 28.6 Å². The van der Waals surface area contributed by atoms with E-state index < -0.39 is 17.6 Å². The molecule has 1 amide bonds. The summed E-state index contributed by atoms with van der Waals surface area (Å²) in [6.45, 7) is 0. The maximum Gasteiger partial charge on any atom is 0.329 e. The second-order valence-corrected chi connectivity index (χ2v) is 5.71. The molecule has 2 rings (SSSR count). The molecule has 1 fully saturated rings. The van der Waals surface area contributed by atoms with Crippen LogP contribution in [-0.2, 0) is 16.0 Å². The SMILES string of the molecule is N[C@@H](CCc1ccccc1)C(=O)NC1(C(=O)O)CCCC1. The molecule has 0 aliphatic heterocycles. The van der Waals surface area contributed by atoms with Crippen LogP contribution in [0.2, 0.25) is 0 Å². The van der Waals surface area contributed by atoms with Crippen LogP contribution < -0.4 is 11.1 Å². The lowest BCUT2D eigenvalue weighted by atomic mass is 9.96. The first-order valence-electron chi connectivity index (χ1n) is 7.38. The van der Waals surface area contributed by atoms with E-state index in [2.05, 4.69) is 5.32 Å². The van der Waals surface area contributed by atoms with Crippen molar-refractivity contribution in [3.8, 4) is 0 Å². The molecule has 21 heavy (non-hydrogen) atoms. The number of hydrogen-bond acceptors (Lipinski definition) is 3. The first-order valence-corrected chi connectivity index (χ1v) is 7.38. The van der Waals surface area contributed by atoms with Gasteiger partial charge < -0.3 is 16.2 Å². The van der Waals surface area contributed by atoms with Crippen molar-refractivity contribution in [2.45, 2.75) is 50.1 Å². The van der Waals surface area contributed by atoms with Gasteiger partial charge in [0.25, 0.3) is 0 Å². The van der Waals surface area contributed by atoms with E-state index in [1.54, 1.807) is 0 Å². The molecule has 1 aliphatic carbocycles. The molecule has 114 valence electrons. The van der Waals surface area contributed by atoms with Crippen LogP contribution in [0.15, 0.2) is 30.3 Å². The van der Waals surface area contributed by atoms with Crippen LogP contribution in [0, 0.1) is 0 Å². The normalized spacial score (nSPS) is 18.1. The summed E-state index contributed by atoms with van der Waals surface area (Å²) in [5.41, 5.74) is 5.91. The molecule has 0 spiro atoms. The van der Waals surface area contributed by atoms with Crippen molar-refractivity contribution >= 4 is 11.9 Å². The molecule has 1 saturated carbocycles. The lowest BCUT2D eigenvalue weighted by Crippen LogP contribution is -2.56. The van der Waals surface area contributed by atoms with E-state index in [0.29, 0.717) is 25.7 Å². The summed E-state index contributed by atoms with van der Waals surface area (Å²) < 4.78 is 0. The van der Waals surface area contributed by atoms with Gasteiger partial charge >= 0.3 is 5.97 Å². The molecule has 0 bridgehead atoms. The Bertz CT molecular complexity index is 496. The van der Waals surface area contributed by atoms with Gasteiger partial charge in [0.15, 0.2) is 0 Å². The maximum absolute atomic E-state index is 12.1. The minimum atomic E-state index is -1.11. The van der Waals surface area contributed by atoms with Crippen LogP contribution in [0.25, 0.3) is 0 Å². The Morgan fingerprint density at radius 1 is 1.24 bits per heavy atom. The zero-order chi connectivity index (χ0) is 15.3. The zero-order valence-corrected chi connectivity index (χ0v) is 12.0. The lowest BCUT2D eigenvalue weighted by molar-refractivity contribution is -0.147. The molecule has 5 nitrogen and oxygen atoms in total. The quantitative estimate of drug-likeness (QED) is 0.739. The molecule has 0 unspecified atom stereocenters. The predicted octanol–water partition coefficient (Wildman–Crippen LogP) is 1.46. The molecule has 1 atom stereocenters. The number of rotatable bonds is 6. The highest BCUT2D eigenvalue weighted by molar-refractivity contribution is 5.89. The van der Waals surface area contributed by atoms with Crippen molar-refractivity contribution in [3.05, 3.63) is 35.9 Å². The Hall–Kier alpha value is -1.88. The number of carboxylic acids is 1. The van der Waals surface area contributed by atoms with Gasteiger partial charge in [-0.25, -0.2) is 4.79 Å². The third kappa shape index (κ3) is 3.82.